The summed E-state index contributed by atoms with van der Waals surface area (Å²) in [6, 6.07) is 21.9. The molecule has 1 N–H and O–H groups in total. The highest BCUT2D eigenvalue weighted by atomic mass is 32.2. The number of thioether (sulfide) groups is 1. The van der Waals surface area contributed by atoms with Crippen LogP contribution in [-0.4, -0.2) is 38.2 Å². The molecule has 0 bridgehead atoms. The second-order valence-electron chi connectivity index (χ2n) is 8.55. The standard InChI is InChI=1S/C27H24N4O2S2/c32-24(21-16-28-22-12-5-4-11-20(21)22)25(18-8-2-1-3-9-18)35-27-30-29-26(23-13-7-15-34-23)31(27)17-19-10-6-14-33-19/h1-5,7-9,11-13,15-16,19,25,28H,6,10,14,17H2/t19-,25+/m1/s1. The summed E-state index contributed by atoms with van der Waals surface area (Å²) in [6.07, 6.45) is 4.03. The Morgan fingerprint density at radius 1 is 1.11 bits per heavy atom. The minimum atomic E-state index is -0.459. The molecule has 35 heavy (non-hydrogen) atoms. The van der Waals surface area contributed by atoms with Gasteiger partial charge in [-0.3, -0.25) is 9.36 Å². The van der Waals surface area contributed by atoms with E-state index in [2.05, 4.69) is 25.8 Å². The van der Waals surface area contributed by atoms with Crippen LogP contribution in [0.5, 0.6) is 0 Å². The molecule has 2 atom stereocenters. The first-order valence-electron chi connectivity index (χ1n) is 11.7. The van der Waals surface area contributed by atoms with E-state index < -0.39 is 5.25 Å². The molecule has 1 aliphatic rings. The quantitative estimate of drug-likeness (QED) is 0.198. The van der Waals surface area contributed by atoms with Gasteiger partial charge in [0.15, 0.2) is 16.8 Å². The summed E-state index contributed by atoms with van der Waals surface area (Å²) in [5.41, 5.74) is 2.58. The van der Waals surface area contributed by atoms with Crippen molar-refractivity contribution in [3.05, 3.63) is 89.4 Å². The van der Waals surface area contributed by atoms with Crippen LogP contribution in [0.3, 0.4) is 0 Å². The summed E-state index contributed by atoms with van der Waals surface area (Å²) in [5.74, 6) is 0.868. The number of aromatic nitrogens is 4. The molecule has 2 aromatic carbocycles. The number of H-pyrrole nitrogens is 1. The summed E-state index contributed by atoms with van der Waals surface area (Å²) in [7, 11) is 0. The number of hydrogen-bond donors (Lipinski definition) is 1. The molecule has 3 aromatic heterocycles. The van der Waals surface area contributed by atoms with E-state index in [1.807, 2.05) is 72.2 Å². The smallest absolute Gasteiger partial charge is 0.192 e. The fourth-order valence-corrected chi connectivity index (χ4v) is 6.37. The topological polar surface area (TPSA) is 72.8 Å². The van der Waals surface area contributed by atoms with Crippen molar-refractivity contribution in [2.24, 2.45) is 0 Å². The van der Waals surface area contributed by atoms with Crippen LogP contribution in [0.25, 0.3) is 21.6 Å². The first kappa shape index (κ1) is 22.3. The highest BCUT2D eigenvalue weighted by Crippen LogP contribution is 2.40. The van der Waals surface area contributed by atoms with Gasteiger partial charge in [-0.05, 0) is 35.9 Å². The molecule has 4 heterocycles. The molecule has 0 spiro atoms. The SMILES string of the molecule is O=C(c1c[nH]c2ccccc12)[C@@H](Sc1nnc(-c2cccs2)n1C[C@H]1CCCO1)c1ccccc1. The monoisotopic (exact) mass is 500 g/mol. The molecule has 1 fully saturated rings. The van der Waals surface area contributed by atoms with Crippen LogP contribution in [0.2, 0.25) is 0 Å². The van der Waals surface area contributed by atoms with Crippen molar-refractivity contribution in [2.75, 3.05) is 6.61 Å². The van der Waals surface area contributed by atoms with Crippen LogP contribution in [0.15, 0.2) is 83.5 Å². The molecule has 0 unspecified atom stereocenters. The van der Waals surface area contributed by atoms with E-state index in [9.17, 15) is 4.79 Å². The predicted molar refractivity (Wildman–Crippen MR) is 140 cm³/mol. The second-order valence-corrected chi connectivity index (χ2v) is 10.6. The van der Waals surface area contributed by atoms with E-state index >= 15 is 0 Å². The van der Waals surface area contributed by atoms with E-state index in [-0.39, 0.29) is 11.9 Å². The molecular formula is C27H24N4O2S2. The first-order chi connectivity index (χ1) is 17.3. The van der Waals surface area contributed by atoms with Crippen molar-refractivity contribution in [1.82, 2.24) is 19.7 Å². The number of nitrogens with one attached hydrogen (secondary N) is 1. The number of hydrogen-bond acceptors (Lipinski definition) is 6. The molecule has 0 radical (unpaired) electrons. The first-order valence-corrected chi connectivity index (χ1v) is 13.4. The zero-order valence-electron chi connectivity index (χ0n) is 19.0. The van der Waals surface area contributed by atoms with E-state index in [0.29, 0.717) is 12.1 Å². The third kappa shape index (κ3) is 4.45. The third-order valence-electron chi connectivity index (χ3n) is 6.29. The number of thiophene rings is 1. The lowest BCUT2D eigenvalue weighted by Gasteiger charge is -2.18. The molecule has 8 heteroatoms. The van der Waals surface area contributed by atoms with Gasteiger partial charge in [-0.15, -0.1) is 21.5 Å². The van der Waals surface area contributed by atoms with Gasteiger partial charge in [0.05, 0.1) is 17.5 Å². The molecule has 1 saturated heterocycles. The van der Waals surface area contributed by atoms with Crippen LogP contribution in [-0.2, 0) is 11.3 Å². The van der Waals surface area contributed by atoms with Crippen molar-refractivity contribution < 1.29 is 9.53 Å². The maximum atomic E-state index is 14.0. The van der Waals surface area contributed by atoms with Gasteiger partial charge in [-0.25, -0.2) is 0 Å². The lowest BCUT2D eigenvalue weighted by molar-refractivity contribution is 0.0953. The summed E-state index contributed by atoms with van der Waals surface area (Å²) in [4.78, 5) is 18.3. The Morgan fingerprint density at radius 2 is 1.97 bits per heavy atom. The number of rotatable bonds is 8. The maximum Gasteiger partial charge on any atom is 0.192 e. The Labute approximate surface area is 211 Å². The van der Waals surface area contributed by atoms with Crippen LogP contribution in [0.4, 0.5) is 0 Å². The van der Waals surface area contributed by atoms with Crippen molar-refractivity contribution in [2.45, 2.75) is 35.9 Å². The number of ketones is 1. The highest BCUT2D eigenvalue weighted by molar-refractivity contribution is 8.00. The fourth-order valence-electron chi connectivity index (χ4n) is 4.54. The zero-order chi connectivity index (χ0) is 23.6. The van der Waals surface area contributed by atoms with E-state index in [1.54, 1.807) is 11.3 Å². The molecule has 5 aromatic rings. The number of nitrogens with zero attached hydrogens (tertiary/aromatic N) is 3. The molecule has 1 aliphatic heterocycles. The van der Waals surface area contributed by atoms with Gasteiger partial charge in [-0.1, -0.05) is 66.4 Å². The molecular weight excluding hydrogens is 476 g/mol. The third-order valence-corrected chi connectivity index (χ3v) is 8.39. The number of fused-ring (bicyclic) bond motifs is 1. The van der Waals surface area contributed by atoms with Gasteiger partial charge in [0.25, 0.3) is 0 Å². The van der Waals surface area contributed by atoms with Gasteiger partial charge in [-0.2, -0.15) is 0 Å². The van der Waals surface area contributed by atoms with Crippen LogP contribution in [0.1, 0.15) is 34.0 Å². The molecule has 6 nitrogen and oxygen atoms in total. The summed E-state index contributed by atoms with van der Waals surface area (Å²) < 4.78 is 8.07. The van der Waals surface area contributed by atoms with Gasteiger partial charge in [0.1, 0.15) is 5.25 Å². The molecule has 6 rings (SSSR count). The fraction of sp³-hybridized carbons (Fsp3) is 0.222. The molecule has 0 saturated carbocycles. The summed E-state index contributed by atoms with van der Waals surface area (Å²) in [6.45, 7) is 1.46. The molecule has 176 valence electrons. The predicted octanol–water partition coefficient (Wildman–Crippen LogP) is 6.38. The Hall–Kier alpha value is -3.20. The average molecular weight is 501 g/mol. The minimum Gasteiger partial charge on any atom is -0.376 e. The van der Waals surface area contributed by atoms with Gasteiger partial charge in [0.2, 0.25) is 0 Å². The lowest BCUT2D eigenvalue weighted by atomic mass is 10.0. The number of benzene rings is 2. The van der Waals surface area contributed by atoms with Crippen molar-refractivity contribution in [3.63, 3.8) is 0 Å². The van der Waals surface area contributed by atoms with E-state index in [1.165, 1.54) is 11.8 Å². The summed E-state index contributed by atoms with van der Waals surface area (Å²) >= 11 is 3.10. The van der Waals surface area contributed by atoms with Crippen LogP contribution in [0, 0.1) is 0 Å². The normalized spacial score (nSPS) is 16.6. The number of carbonyl (C=O) groups excluding carboxylic acids is 1. The van der Waals surface area contributed by atoms with Crippen molar-refractivity contribution in [3.8, 4) is 10.7 Å². The van der Waals surface area contributed by atoms with E-state index in [4.69, 9.17) is 4.74 Å². The average Bonchev–Trinajstić information content (AvgIpc) is 3.71. The molecule has 0 aliphatic carbocycles. The highest BCUT2D eigenvalue weighted by Gasteiger charge is 2.29. The lowest BCUT2D eigenvalue weighted by Crippen LogP contribution is -2.17. The number of para-hydroxylation sites is 1. The number of ether oxygens (including phenoxy) is 1. The Bertz CT molecular complexity index is 1440. The van der Waals surface area contributed by atoms with Gasteiger partial charge >= 0.3 is 0 Å². The Kier molecular flexibility index (Phi) is 6.24. The van der Waals surface area contributed by atoms with Crippen molar-refractivity contribution in [1.29, 1.82) is 0 Å². The number of Topliss-reactive ketones (excluding diaryl/α,β-unsaturated/α-hetero) is 1. The largest absolute Gasteiger partial charge is 0.376 e. The minimum absolute atomic E-state index is 0.0444. The zero-order valence-corrected chi connectivity index (χ0v) is 20.6. The van der Waals surface area contributed by atoms with Crippen LogP contribution >= 0.6 is 23.1 Å². The van der Waals surface area contributed by atoms with E-state index in [0.717, 1.165) is 51.8 Å². The number of aromatic amines is 1. The van der Waals surface area contributed by atoms with Crippen LogP contribution < -0.4 is 0 Å². The number of carbonyl (C=O) groups is 1. The maximum absolute atomic E-state index is 14.0. The Balaban J connectivity index is 1.40. The second kappa shape index (κ2) is 9.81. The van der Waals surface area contributed by atoms with Crippen molar-refractivity contribution >= 4 is 39.8 Å². The summed E-state index contributed by atoms with van der Waals surface area (Å²) in [5, 5.41) is 12.4. The Morgan fingerprint density at radius 3 is 2.77 bits per heavy atom. The molecule has 0 amide bonds. The van der Waals surface area contributed by atoms with Gasteiger partial charge in [0, 0.05) is 29.3 Å². The van der Waals surface area contributed by atoms with Gasteiger partial charge < -0.3 is 9.72 Å².